The predicted octanol–water partition coefficient (Wildman–Crippen LogP) is -0.0507. The summed E-state index contributed by atoms with van der Waals surface area (Å²) < 4.78 is 49.2. The summed E-state index contributed by atoms with van der Waals surface area (Å²) in [5.41, 5.74) is 6.31. The lowest BCUT2D eigenvalue weighted by Gasteiger charge is -2.20. The zero-order valence-corrected chi connectivity index (χ0v) is 10.6. The van der Waals surface area contributed by atoms with Crippen molar-refractivity contribution < 1.29 is 21.4 Å². The largest absolute Gasteiger partial charge is 0.394 e. The van der Waals surface area contributed by atoms with Gasteiger partial charge in [0.25, 0.3) is 0 Å². The Morgan fingerprint density at radius 3 is 3.20 bits per heavy atom. The molecule has 8 heteroatoms. The van der Waals surface area contributed by atoms with Crippen molar-refractivity contribution in [3.63, 3.8) is 0 Å². The minimum atomic E-state index is -2.73. The van der Waals surface area contributed by atoms with Gasteiger partial charge in [0, 0.05) is 13.0 Å². The number of hydrogen-bond acceptors (Lipinski definition) is 7. The summed E-state index contributed by atoms with van der Waals surface area (Å²) in [7, 11) is -2.73. The van der Waals surface area contributed by atoms with E-state index in [0.717, 1.165) is 0 Å². The van der Waals surface area contributed by atoms with Crippen LogP contribution in [0.4, 0.5) is 5.82 Å². The summed E-state index contributed by atoms with van der Waals surface area (Å²) in [6.45, 7) is -1.15. The number of ether oxygens (including phenoxy) is 2. The van der Waals surface area contributed by atoms with Crippen molar-refractivity contribution in [3.8, 4) is 0 Å². The molecule has 1 aliphatic rings. The van der Waals surface area contributed by atoms with Crippen LogP contribution in [0.2, 0.25) is 0 Å². The van der Waals surface area contributed by atoms with Gasteiger partial charge < -0.3 is 20.3 Å². The van der Waals surface area contributed by atoms with E-state index in [1.165, 1.54) is 24.1 Å². The molecule has 4 atom stereocenters. The van der Waals surface area contributed by atoms with E-state index in [2.05, 4.69) is 15.0 Å². The van der Waals surface area contributed by atoms with Crippen LogP contribution >= 0.6 is 0 Å². The highest BCUT2D eigenvalue weighted by Gasteiger charge is 2.43. The van der Waals surface area contributed by atoms with Crippen molar-refractivity contribution in [2.75, 3.05) is 19.3 Å². The van der Waals surface area contributed by atoms with E-state index < -0.39 is 38.0 Å². The highest BCUT2D eigenvalue weighted by atomic mass is 16.6. The fourth-order valence-electron chi connectivity index (χ4n) is 2.38. The molecule has 0 spiro atoms. The topological polar surface area (TPSA) is 108 Å². The molecule has 8 nitrogen and oxygen atoms in total. The summed E-state index contributed by atoms with van der Waals surface area (Å²) >= 11 is 0. The molecule has 1 aliphatic heterocycles. The van der Waals surface area contributed by atoms with Gasteiger partial charge in [0.15, 0.2) is 17.7 Å². The number of nitrogens with two attached hydrogens (primary N) is 1. The molecule has 0 saturated carbocycles. The number of aromatic nitrogens is 4. The van der Waals surface area contributed by atoms with E-state index in [9.17, 15) is 5.11 Å². The SMILES string of the molecule is [2H]C([2H])([2H])O[C@@H]1[C@H](C)[C@@H](C([2H])([2H])O)O[C@H]1n1cnc2c(N)ncnc21. The molecule has 0 radical (unpaired) electrons. The number of rotatable bonds is 3. The van der Waals surface area contributed by atoms with Crippen LogP contribution in [-0.2, 0) is 9.47 Å². The lowest BCUT2D eigenvalue weighted by Crippen LogP contribution is -2.27. The lowest BCUT2D eigenvalue weighted by molar-refractivity contribution is -0.0583. The van der Waals surface area contributed by atoms with Crippen molar-refractivity contribution in [1.29, 1.82) is 0 Å². The van der Waals surface area contributed by atoms with Gasteiger partial charge in [-0.15, -0.1) is 0 Å². The maximum atomic E-state index is 9.72. The molecule has 3 N–H and O–H groups in total. The maximum absolute atomic E-state index is 9.72. The van der Waals surface area contributed by atoms with Crippen molar-refractivity contribution in [1.82, 2.24) is 19.5 Å². The third-order valence-electron chi connectivity index (χ3n) is 3.49. The van der Waals surface area contributed by atoms with E-state index >= 15 is 0 Å². The normalized spacial score (nSPS) is 35.2. The van der Waals surface area contributed by atoms with Gasteiger partial charge in [0.2, 0.25) is 0 Å². The van der Waals surface area contributed by atoms with Crippen LogP contribution in [0.3, 0.4) is 0 Å². The molecule has 108 valence electrons. The number of anilines is 1. The fourth-order valence-corrected chi connectivity index (χ4v) is 2.38. The van der Waals surface area contributed by atoms with Gasteiger partial charge in [-0.25, -0.2) is 15.0 Å². The van der Waals surface area contributed by atoms with Gasteiger partial charge in [-0.05, 0) is 0 Å². The number of methoxy groups -OCH3 is 1. The maximum Gasteiger partial charge on any atom is 0.167 e. The standard InChI is InChI=1S/C12H17N5O3/c1-6-7(3-18)20-12(9(6)19-2)17-5-16-8-10(13)14-4-15-11(8)17/h4-7,9,12,18H,3H2,1-2H3,(H2,13,14,15)/t6-,7-,9-,12-/m1/s1/i2D3,3D2. The Morgan fingerprint density at radius 2 is 2.45 bits per heavy atom. The molecule has 3 heterocycles. The molecule has 20 heavy (non-hydrogen) atoms. The quantitative estimate of drug-likeness (QED) is 0.813. The first-order valence-electron chi connectivity index (χ1n) is 8.47. The first kappa shape index (κ1) is 8.50. The molecule has 2 aromatic rings. The van der Waals surface area contributed by atoms with Crippen LogP contribution in [-0.4, -0.2) is 50.4 Å². The van der Waals surface area contributed by atoms with Gasteiger partial charge in [-0.3, -0.25) is 4.57 Å². The summed E-state index contributed by atoms with van der Waals surface area (Å²) in [5.74, 6) is -0.626. The molecule has 2 aromatic heterocycles. The monoisotopic (exact) mass is 284 g/mol. The Hall–Kier alpha value is -1.77. The third kappa shape index (κ3) is 1.84. The molecular formula is C12H17N5O3. The lowest BCUT2D eigenvalue weighted by atomic mass is 10.0. The summed E-state index contributed by atoms with van der Waals surface area (Å²) in [5, 5.41) is 9.72. The van der Waals surface area contributed by atoms with Gasteiger partial charge in [0.1, 0.15) is 17.9 Å². The Labute approximate surface area is 122 Å². The molecule has 0 aromatic carbocycles. The summed E-state index contributed by atoms with van der Waals surface area (Å²) in [6, 6.07) is 0. The first-order chi connectivity index (χ1) is 11.5. The molecular weight excluding hydrogens is 262 g/mol. The van der Waals surface area contributed by atoms with E-state index in [1.54, 1.807) is 0 Å². The first-order valence-corrected chi connectivity index (χ1v) is 5.97. The smallest absolute Gasteiger partial charge is 0.167 e. The third-order valence-corrected chi connectivity index (χ3v) is 3.49. The average molecular weight is 284 g/mol. The van der Waals surface area contributed by atoms with E-state index in [-0.39, 0.29) is 11.5 Å². The van der Waals surface area contributed by atoms with E-state index in [0.29, 0.717) is 5.52 Å². The predicted molar refractivity (Wildman–Crippen MR) is 70.7 cm³/mol. The second-order valence-corrected chi connectivity index (χ2v) is 4.60. The van der Waals surface area contributed by atoms with E-state index in [1.807, 2.05) is 0 Å². The minimum absolute atomic E-state index is 0.136. The Kier molecular flexibility index (Phi) is 2.11. The zero-order chi connectivity index (χ0) is 18.6. The van der Waals surface area contributed by atoms with Crippen LogP contribution in [0.1, 0.15) is 20.0 Å². The summed E-state index contributed by atoms with van der Waals surface area (Å²) in [6.07, 6.45) is -0.897. The second kappa shape index (κ2) is 4.97. The number of aliphatic hydroxyl groups is 1. The Morgan fingerprint density at radius 1 is 1.60 bits per heavy atom. The Balaban J connectivity index is 2.05. The molecule has 3 rings (SSSR count). The highest BCUT2D eigenvalue weighted by molar-refractivity contribution is 5.81. The molecule has 0 bridgehead atoms. The van der Waals surface area contributed by atoms with Gasteiger partial charge in [0.05, 0.1) is 25.8 Å². The van der Waals surface area contributed by atoms with Gasteiger partial charge >= 0.3 is 0 Å². The number of nitrogen functional groups attached to an aromatic ring is 1. The number of hydrogen-bond donors (Lipinski definition) is 2. The van der Waals surface area contributed by atoms with Crippen LogP contribution < -0.4 is 5.73 Å². The summed E-state index contributed by atoms with van der Waals surface area (Å²) in [4.78, 5) is 12.0. The molecule has 0 aliphatic carbocycles. The number of fused-ring (bicyclic) bond motifs is 1. The van der Waals surface area contributed by atoms with Gasteiger partial charge in [-0.1, -0.05) is 6.92 Å². The van der Waals surface area contributed by atoms with E-state index in [4.69, 9.17) is 22.1 Å². The Bertz CT molecular complexity index is 777. The van der Waals surface area contributed by atoms with Crippen molar-refractivity contribution >= 4 is 17.0 Å². The molecule has 0 unspecified atom stereocenters. The fraction of sp³-hybridized carbons (Fsp3) is 0.583. The van der Waals surface area contributed by atoms with Crippen LogP contribution in [0.5, 0.6) is 0 Å². The molecule has 0 amide bonds. The second-order valence-electron chi connectivity index (χ2n) is 4.60. The van der Waals surface area contributed by atoms with Crippen molar-refractivity contribution in [3.05, 3.63) is 12.7 Å². The van der Waals surface area contributed by atoms with Crippen LogP contribution in [0.25, 0.3) is 11.2 Å². The molecule has 1 saturated heterocycles. The van der Waals surface area contributed by atoms with Gasteiger partial charge in [-0.2, -0.15) is 0 Å². The minimum Gasteiger partial charge on any atom is -0.394 e. The van der Waals surface area contributed by atoms with Crippen LogP contribution in [0.15, 0.2) is 12.7 Å². The van der Waals surface area contributed by atoms with Crippen molar-refractivity contribution in [2.24, 2.45) is 5.92 Å². The molecule has 1 fully saturated rings. The zero-order valence-electron chi connectivity index (χ0n) is 15.6. The van der Waals surface area contributed by atoms with Crippen molar-refractivity contribution in [2.45, 2.75) is 25.4 Å². The highest BCUT2D eigenvalue weighted by Crippen LogP contribution is 2.36. The number of nitrogens with zero attached hydrogens (tertiary/aromatic N) is 4. The van der Waals surface area contributed by atoms with Crippen LogP contribution in [0, 0.1) is 5.92 Å². The average Bonchev–Trinajstić information content (AvgIpc) is 3.01. The number of imidazole rings is 1.